The second-order valence-corrected chi connectivity index (χ2v) is 7.49. The van der Waals surface area contributed by atoms with E-state index in [1.54, 1.807) is 60.7 Å². The molecule has 1 amide bonds. The van der Waals surface area contributed by atoms with Crippen molar-refractivity contribution in [2.45, 2.75) is 23.7 Å². The highest BCUT2D eigenvalue weighted by Gasteiger charge is 2.50. The molecule has 1 aliphatic heterocycles. The Balaban J connectivity index is 1.67. The largest absolute Gasteiger partial charge is 0.435 e. The molecule has 0 aromatic heterocycles. The Morgan fingerprint density at radius 1 is 1.03 bits per heavy atom. The number of nitrogens with two attached hydrogens (primary N) is 1. The summed E-state index contributed by atoms with van der Waals surface area (Å²) in [5.74, 6) is -0.443. The Labute approximate surface area is 176 Å². The topological polar surface area (TPSA) is 75.8 Å². The van der Waals surface area contributed by atoms with Crippen molar-refractivity contribution in [2.24, 2.45) is 5.14 Å². The van der Waals surface area contributed by atoms with Gasteiger partial charge in [0.1, 0.15) is 5.75 Å². The Bertz CT molecular complexity index is 1060. The lowest BCUT2D eigenvalue weighted by Crippen LogP contribution is -2.40. The Kier molecular flexibility index (Phi) is 5.46. The van der Waals surface area contributed by atoms with Gasteiger partial charge in [-0.05, 0) is 53.4 Å². The molecule has 0 saturated heterocycles. The van der Waals surface area contributed by atoms with E-state index >= 15 is 0 Å². The maximum Gasteiger partial charge on any atom is 0.387 e. The molecule has 3 N–H and O–H groups in total. The number of aliphatic hydroxyl groups is 1. The maximum atomic E-state index is 13.4. The van der Waals surface area contributed by atoms with Gasteiger partial charge in [0.05, 0.1) is 12.2 Å². The van der Waals surface area contributed by atoms with Crippen LogP contribution in [0.5, 0.6) is 5.75 Å². The molecule has 1 heterocycles. The lowest BCUT2D eigenvalue weighted by atomic mass is 9.87. The second kappa shape index (κ2) is 8.06. The number of amides is 1. The van der Waals surface area contributed by atoms with Gasteiger partial charge >= 0.3 is 6.61 Å². The summed E-state index contributed by atoms with van der Waals surface area (Å²) in [5, 5.41) is 17.1. The Morgan fingerprint density at radius 2 is 1.70 bits per heavy atom. The van der Waals surface area contributed by atoms with E-state index in [9.17, 15) is 18.7 Å². The fourth-order valence-electron chi connectivity index (χ4n) is 3.60. The highest BCUT2D eigenvalue weighted by atomic mass is 32.2. The van der Waals surface area contributed by atoms with Crippen LogP contribution in [0.25, 0.3) is 0 Å². The number of ether oxygens (including phenoxy) is 1. The molecule has 3 aromatic carbocycles. The zero-order valence-electron chi connectivity index (χ0n) is 15.7. The predicted octanol–water partition coefficient (Wildman–Crippen LogP) is 4.04. The summed E-state index contributed by atoms with van der Waals surface area (Å²) >= 11 is 1.08. The van der Waals surface area contributed by atoms with Gasteiger partial charge in [0.2, 0.25) is 0 Å². The van der Waals surface area contributed by atoms with Crippen LogP contribution in [-0.4, -0.2) is 17.6 Å². The van der Waals surface area contributed by atoms with E-state index in [0.29, 0.717) is 22.4 Å². The number of hydrogen-bond donors (Lipinski definition) is 2. The first-order chi connectivity index (χ1) is 14.4. The Morgan fingerprint density at radius 3 is 2.33 bits per heavy atom. The van der Waals surface area contributed by atoms with E-state index < -0.39 is 18.1 Å². The maximum absolute atomic E-state index is 13.4. The van der Waals surface area contributed by atoms with Gasteiger partial charge in [-0.15, -0.1) is 0 Å². The highest BCUT2D eigenvalue weighted by molar-refractivity contribution is 7.97. The summed E-state index contributed by atoms with van der Waals surface area (Å²) in [6, 6.07) is 20.0. The molecule has 154 valence electrons. The van der Waals surface area contributed by atoms with Gasteiger partial charge in [0.25, 0.3) is 5.91 Å². The molecule has 1 unspecified atom stereocenters. The van der Waals surface area contributed by atoms with Gasteiger partial charge in [-0.3, -0.25) is 9.93 Å². The number of anilines is 1. The summed E-state index contributed by atoms with van der Waals surface area (Å²) in [6.45, 7) is -2.73. The van der Waals surface area contributed by atoms with Crippen molar-refractivity contribution in [3.8, 4) is 5.75 Å². The molecule has 5 nitrogen and oxygen atoms in total. The van der Waals surface area contributed by atoms with Crippen LogP contribution in [0.3, 0.4) is 0 Å². The standard InChI is InChI=1S/C22H18F2N2O3S/c23-21(24)29-16-9-5-14(6-10-16)13-26-19-4-2-1-3-18(19)22(28,20(26)27)15-7-11-17(30-25)12-8-15/h1-12,21,28H,13,25H2. The number of alkyl halides is 2. The summed E-state index contributed by atoms with van der Waals surface area (Å²) in [4.78, 5) is 15.7. The molecule has 0 radical (unpaired) electrons. The molecule has 0 bridgehead atoms. The number of fused-ring (bicyclic) bond motifs is 1. The van der Waals surface area contributed by atoms with Crippen molar-refractivity contribution in [3.63, 3.8) is 0 Å². The average Bonchev–Trinajstić information content (AvgIpc) is 2.98. The third kappa shape index (κ3) is 3.54. The summed E-state index contributed by atoms with van der Waals surface area (Å²) in [6.07, 6.45) is 0. The van der Waals surface area contributed by atoms with Crippen LogP contribution in [0.15, 0.2) is 77.7 Å². The zero-order valence-corrected chi connectivity index (χ0v) is 16.5. The first kappa shape index (κ1) is 20.3. The van der Waals surface area contributed by atoms with Gasteiger partial charge < -0.3 is 14.7 Å². The molecule has 30 heavy (non-hydrogen) atoms. The van der Waals surface area contributed by atoms with Crippen LogP contribution in [0.2, 0.25) is 0 Å². The quantitative estimate of drug-likeness (QED) is 0.580. The van der Waals surface area contributed by atoms with Crippen LogP contribution in [0.4, 0.5) is 14.5 Å². The lowest BCUT2D eigenvalue weighted by molar-refractivity contribution is -0.132. The molecule has 1 atom stereocenters. The van der Waals surface area contributed by atoms with Gasteiger partial charge in [0.15, 0.2) is 5.60 Å². The Hall–Kier alpha value is -2.94. The average molecular weight is 428 g/mol. The SMILES string of the molecule is NSc1ccc(C2(O)C(=O)N(Cc3ccc(OC(F)F)cc3)c3ccccc32)cc1. The van der Waals surface area contributed by atoms with Crippen molar-refractivity contribution in [3.05, 3.63) is 89.5 Å². The summed E-state index contributed by atoms with van der Waals surface area (Å²) in [7, 11) is 0. The number of hydrogen-bond acceptors (Lipinski definition) is 5. The monoisotopic (exact) mass is 428 g/mol. The number of benzene rings is 3. The lowest BCUT2D eigenvalue weighted by Gasteiger charge is -2.24. The van der Waals surface area contributed by atoms with Gasteiger partial charge in [0, 0.05) is 10.5 Å². The van der Waals surface area contributed by atoms with E-state index in [2.05, 4.69) is 4.74 Å². The highest BCUT2D eigenvalue weighted by Crippen LogP contribution is 2.45. The minimum atomic E-state index is -2.90. The fourth-order valence-corrected chi connectivity index (χ4v) is 3.90. The summed E-state index contributed by atoms with van der Waals surface area (Å²) < 4.78 is 29.1. The molecule has 0 aliphatic carbocycles. The van der Waals surface area contributed by atoms with E-state index in [4.69, 9.17) is 5.14 Å². The number of rotatable bonds is 6. The third-order valence-electron chi connectivity index (χ3n) is 5.04. The summed E-state index contributed by atoms with van der Waals surface area (Å²) in [5.41, 5.74) is 0.406. The van der Waals surface area contributed by atoms with Crippen LogP contribution in [-0.2, 0) is 16.9 Å². The van der Waals surface area contributed by atoms with Crippen molar-refractivity contribution < 1.29 is 23.4 Å². The molecular weight excluding hydrogens is 410 g/mol. The minimum absolute atomic E-state index is 0.0382. The molecular formula is C22H18F2N2O3S. The first-order valence-electron chi connectivity index (χ1n) is 9.08. The molecule has 3 aromatic rings. The second-order valence-electron chi connectivity index (χ2n) is 6.78. The van der Waals surface area contributed by atoms with Crippen LogP contribution >= 0.6 is 11.9 Å². The molecule has 0 spiro atoms. The van der Waals surface area contributed by atoms with Gasteiger partial charge in [-0.25, -0.2) is 0 Å². The van der Waals surface area contributed by atoms with Gasteiger partial charge in [-0.1, -0.05) is 42.5 Å². The van der Waals surface area contributed by atoms with E-state index in [0.717, 1.165) is 16.8 Å². The first-order valence-corrected chi connectivity index (χ1v) is 9.96. The normalized spacial score (nSPS) is 18.0. The van der Waals surface area contributed by atoms with E-state index in [-0.39, 0.29) is 12.3 Å². The van der Waals surface area contributed by atoms with Crippen LogP contribution < -0.4 is 14.8 Å². The van der Waals surface area contributed by atoms with E-state index in [1.807, 2.05) is 0 Å². The van der Waals surface area contributed by atoms with Crippen molar-refractivity contribution in [1.82, 2.24) is 0 Å². The van der Waals surface area contributed by atoms with Gasteiger partial charge in [-0.2, -0.15) is 8.78 Å². The van der Waals surface area contributed by atoms with Crippen LogP contribution in [0.1, 0.15) is 16.7 Å². The van der Waals surface area contributed by atoms with Crippen molar-refractivity contribution in [1.29, 1.82) is 0 Å². The van der Waals surface area contributed by atoms with Crippen LogP contribution in [0, 0.1) is 0 Å². The number of carbonyl (C=O) groups excluding carboxylic acids is 1. The minimum Gasteiger partial charge on any atom is -0.435 e. The number of nitrogens with zero attached hydrogens (tertiary/aromatic N) is 1. The predicted molar refractivity (Wildman–Crippen MR) is 110 cm³/mol. The fraction of sp³-hybridized carbons (Fsp3) is 0.136. The van der Waals surface area contributed by atoms with Crippen molar-refractivity contribution in [2.75, 3.05) is 4.90 Å². The molecule has 0 saturated carbocycles. The third-order valence-corrected chi connectivity index (χ3v) is 5.58. The number of halogens is 2. The molecule has 1 aliphatic rings. The number of carbonyl (C=O) groups is 1. The van der Waals surface area contributed by atoms with E-state index in [1.165, 1.54) is 17.0 Å². The number of para-hydroxylation sites is 1. The molecule has 0 fully saturated rings. The molecule has 8 heteroatoms. The molecule has 4 rings (SSSR count). The van der Waals surface area contributed by atoms with Crippen molar-refractivity contribution >= 4 is 23.5 Å². The smallest absolute Gasteiger partial charge is 0.387 e. The zero-order chi connectivity index (χ0) is 21.3.